The number of carbonyl (C=O) groups is 1. The molecule has 0 unspecified atom stereocenters. The van der Waals surface area contributed by atoms with Gasteiger partial charge in [-0.1, -0.05) is 24.3 Å². The van der Waals surface area contributed by atoms with Crippen molar-refractivity contribution in [2.24, 2.45) is 5.92 Å². The number of benzene rings is 2. The molecule has 1 aliphatic heterocycles. The smallest absolute Gasteiger partial charge is 0.251 e. The number of nitrogens with zero attached hydrogens (tertiary/aromatic N) is 3. The van der Waals surface area contributed by atoms with Crippen LogP contribution in [0.1, 0.15) is 23.2 Å². The number of aromatic nitrogens is 2. The van der Waals surface area contributed by atoms with Gasteiger partial charge in [0.25, 0.3) is 5.91 Å². The van der Waals surface area contributed by atoms with Crippen molar-refractivity contribution in [2.75, 3.05) is 44.7 Å². The van der Waals surface area contributed by atoms with Crippen molar-refractivity contribution in [3.05, 3.63) is 60.2 Å². The predicted octanol–water partition coefficient (Wildman–Crippen LogP) is 3.64. The van der Waals surface area contributed by atoms with Crippen molar-refractivity contribution in [3.63, 3.8) is 0 Å². The maximum atomic E-state index is 12.4. The summed E-state index contributed by atoms with van der Waals surface area (Å²) in [7, 11) is 2.17. The molecule has 1 amide bonds. The molecular formula is C25H29N5O. The number of hydrogen-bond acceptors (Lipinski definition) is 4. The van der Waals surface area contributed by atoms with E-state index in [9.17, 15) is 4.79 Å². The van der Waals surface area contributed by atoms with E-state index in [1.165, 1.54) is 18.5 Å². The van der Waals surface area contributed by atoms with Crippen LogP contribution in [0, 0.1) is 5.92 Å². The number of likely N-dealkylation sites (N-methyl/N-ethyl adjacent to an activating group) is 1. The number of amides is 1. The lowest BCUT2D eigenvalue weighted by Gasteiger charge is -2.34. The van der Waals surface area contributed by atoms with Crippen LogP contribution >= 0.6 is 0 Å². The monoisotopic (exact) mass is 415 g/mol. The van der Waals surface area contributed by atoms with Crippen molar-refractivity contribution in [2.45, 2.75) is 12.8 Å². The molecule has 2 aromatic carbocycles. The van der Waals surface area contributed by atoms with Gasteiger partial charge in [-0.15, -0.1) is 0 Å². The Morgan fingerprint density at radius 1 is 1.03 bits per heavy atom. The summed E-state index contributed by atoms with van der Waals surface area (Å²) in [4.78, 5) is 17.2. The van der Waals surface area contributed by atoms with Crippen LogP contribution in [-0.2, 0) is 0 Å². The highest BCUT2D eigenvalue weighted by Crippen LogP contribution is 2.28. The number of nitrogens with one attached hydrogen (secondary N) is 2. The molecule has 2 aliphatic rings. The minimum atomic E-state index is -0.0102. The Labute approximate surface area is 183 Å². The van der Waals surface area contributed by atoms with Gasteiger partial charge in [0.05, 0.1) is 11.4 Å². The third kappa shape index (κ3) is 4.64. The van der Waals surface area contributed by atoms with Crippen LogP contribution in [0.15, 0.2) is 54.6 Å². The van der Waals surface area contributed by atoms with Gasteiger partial charge in [-0.25, -0.2) is 0 Å². The lowest BCUT2D eigenvalue weighted by atomic mass is 10.1. The van der Waals surface area contributed by atoms with Gasteiger partial charge < -0.3 is 15.1 Å². The average Bonchev–Trinajstić information content (AvgIpc) is 3.51. The van der Waals surface area contributed by atoms with Gasteiger partial charge in [0, 0.05) is 49.5 Å². The van der Waals surface area contributed by atoms with Crippen LogP contribution in [0.2, 0.25) is 0 Å². The van der Waals surface area contributed by atoms with E-state index in [0.717, 1.165) is 55.2 Å². The SMILES string of the molecule is CN1CCN(c2ccc(-c3cc(-c4cccc(C(=O)NCC5CC5)c4)n[nH]3)cc2)CC1. The van der Waals surface area contributed by atoms with E-state index in [1.807, 2.05) is 30.3 Å². The molecule has 0 atom stereocenters. The van der Waals surface area contributed by atoms with Gasteiger partial charge in [-0.2, -0.15) is 5.10 Å². The van der Waals surface area contributed by atoms with E-state index in [4.69, 9.17) is 0 Å². The molecule has 31 heavy (non-hydrogen) atoms. The summed E-state index contributed by atoms with van der Waals surface area (Å²) in [6.07, 6.45) is 2.46. The molecule has 0 radical (unpaired) electrons. The maximum absolute atomic E-state index is 12.4. The largest absolute Gasteiger partial charge is 0.369 e. The van der Waals surface area contributed by atoms with Crippen LogP contribution in [0.25, 0.3) is 22.5 Å². The molecular weight excluding hydrogens is 386 g/mol. The lowest BCUT2D eigenvalue weighted by molar-refractivity contribution is 0.0952. The summed E-state index contributed by atoms with van der Waals surface area (Å²) in [6.45, 7) is 5.11. The van der Waals surface area contributed by atoms with Gasteiger partial charge in [-0.05, 0) is 61.7 Å². The van der Waals surface area contributed by atoms with Crippen molar-refractivity contribution in [1.82, 2.24) is 20.4 Å². The molecule has 5 rings (SSSR count). The molecule has 0 spiro atoms. The van der Waals surface area contributed by atoms with Crippen LogP contribution in [0.4, 0.5) is 5.69 Å². The summed E-state index contributed by atoms with van der Waals surface area (Å²) >= 11 is 0. The number of H-pyrrole nitrogens is 1. The fraction of sp³-hybridized carbons (Fsp3) is 0.360. The zero-order valence-electron chi connectivity index (χ0n) is 18.0. The molecule has 1 saturated heterocycles. The fourth-order valence-electron chi connectivity index (χ4n) is 4.01. The highest BCUT2D eigenvalue weighted by atomic mass is 16.1. The fourth-order valence-corrected chi connectivity index (χ4v) is 4.01. The molecule has 0 bridgehead atoms. The Kier molecular flexibility index (Phi) is 5.47. The van der Waals surface area contributed by atoms with Crippen molar-refractivity contribution >= 4 is 11.6 Å². The molecule has 160 valence electrons. The summed E-state index contributed by atoms with van der Waals surface area (Å²) in [5.74, 6) is 0.660. The lowest BCUT2D eigenvalue weighted by Crippen LogP contribution is -2.44. The molecule has 1 aromatic heterocycles. The van der Waals surface area contributed by atoms with Gasteiger partial charge in [0.2, 0.25) is 0 Å². The zero-order chi connectivity index (χ0) is 21.2. The number of carbonyl (C=O) groups excluding carboxylic acids is 1. The molecule has 1 aliphatic carbocycles. The first-order valence-electron chi connectivity index (χ1n) is 11.1. The molecule has 3 aromatic rings. The second-order valence-corrected chi connectivity index (χ2v) is 8.74. The number of aromatic amines is 1. The van der Waals surface area contributed by atoms with Crippen LogP contribution in [-0.4, -0.2) is 60.8 Å². The van der Waals surface area contributed by atoms with Gasteiger partial charge in [0.1, 0.15) is 0 Å². The Bertz CT molecular complexity index is 1050. The average molecular weight is 416 g/mol. The van der Waals surface area contributed by atoms with Crippen molar-refractivity contribution in [1.29, 1.82) is 0 Å². The molecule has 1 saturated carbocycles. The third-order valence-corrected chi connectivity index (χ3v) is 6.29. The molecule has 6 heteroatoms. The number of rotatable bonds is 6. The quantitative estimate of drug-likeness (QED) is 0.645. The summed E-state index contributed by atoms with van der Waals surface area (Å²) in [5.41, 5.74) is 5.81. The zero-order valence-corrected chi connectivity index (χ0v) is 18.0. The predicted molar refractivity (Wildman–Crippen MR) is 124 cm³/mol. The van der Waals surface area contributed by atoms with E-state index in [1.54, 1.807) is 0 Å². The Morgan fingerprint density at radius 2 is 1.81 bits per heavy atom. The molecule has 2 fully saturated rings. The maximum Gasteiger partial charge on any atom is 0.251 e. The van der Waals surface area contributed by atoms with E-state index >= 15 is 0 Å². The van der Waals surface area contributed by atoms with Crippen LogP contribution in [0.3, 0.4) is 0 Å². The van der Waals surface area contributed by atoms with Crippen molar-refractivity contribution in [3.8, 4) is 22.5 Å². The van der Waals surface area contributed by atoms with Gasteiger partial charge >= 0.3 is 0 Å². The van der Waals surface area contributed by atoms with Gasteiger partial charge in [-0.3, -0.25) is 9.89 Å². The van der Waals surface area contributed by atoms with Crippen molar-refractivity contribution < 1.29 is 4.79 Å². The molecule has 2 N–H and O–H groups in total. The first-order valence-corrected chi connectivity index (χ1v) is 11.1. The first kappa shape index (κ1) is 19.8. The standard InChI is InChI=1S/C25H29N5O/c1-29-11-13-30(14-12-29)22-9-7-19(8-10-22)23-16-24(28-27-23)20-3-2-4-21(15-20)25(31)26-17-18-5-6-18/h2-4,7-10,15-16,18H,5-6,11-14,17H2,1H3,(H,26,31)(H,27,28). The van der Waals surface area contributed by atoms with E-state index in [2.05, 4.69) is 56.6 Å². The Morgan fingerprint density at radius 3 is 2.55 bits per heavy atom. The summed E-state index contributed by atoms with van der Waals surface area (Å²) < 4.78 is 0. The number of anilines is 1. The third-order valence-electron chi connectivity index (χ3n) is 6.29. The minimum Gasteiger partial charge on any atom is -0.369 e. The van der Waals surface area contributed by atoms with E-state index in [0.29, 0.717) is 11.5 Å². The second-order valence-electron chi connectivity index (χ2n) is 8.74. The Balaban J connectivity index is 1.28. The summed E-state index contributed by atoms with van der Waals surface area (Å²) in [6, 6.07) is 18.4. The van der Waals surface area contributed by atoms with E-state index < -0.39 is 0 Å². The van der Waals surface area contributed by atoms with Crippen LogP contribution < -0.4 is 10.2 Å². The molecule has 6 nitrogen and oxygen atoms in total. The first-order chi connectivity index (χ1) is 15.2. The van der Waals surface area contributed by atoms with Gasteiger partial charge in [0.15, 0.2) is 0 Å². The minimum absolute atomic E-state index is 0.0102. The van der Waals surface area contributed by atoms with E-state index in [-0.39, 0.29) is 5.91 Å². The highest BCUT2D eigenvalue weighted by Gasteiger charge is 2.22. The normalized spacial score (nSPS) is 17.0. The van der Waals surface area contributed by atoms with Crippen LogP contribution in [0.5, 0.6) is 0 Å². The number of piperazine rings is 1. The number of hydrogen-bond donors (Lipinski definition) is 2. The highest BCUT2D eigenvalue weighted by molar-refractivity contribution is 5.95. The summed E-state index contributed by atoms with van der Waals surface area (Å²) in [5, 5.41) is 10.7. The Hall–Kier alpha value is -3.12. The topological polar surface area (TPSA) is 64.3 Å². The second kappa shape index (κ2) is 8.55. The molecule has 2 heterocycles.